The predicted molar refractivity (Wildman–Crippen MR) is 135 cm³/mol. The Morgan fingerprint density at radius 3 is 2.62 bits per heavy atom. The molecule has 0 saturated heterocycles. The highest BCUT2D eigenvalue weighted by Crippen LogP contribution is 2.32. The van der Waals surface area contributed by atoms with Crippen molar-refractivity contribution >= 4 is 68.9 Å². The number of aromatic nitrogens is 3. The third kappa shape index (κ3) is 5.58. The molecule has 0 aliphatic rings. The molecule has 2 aromatic carbocycles. The molecule has 0 atom stereocenters. The van der Waals surface area contributed by atoms with Gasteiger partial charge in [0, 0.05) is 16.3 Å². The molecule has 4 aromatic rings. The number of rotatable bonds is 7. The maximum atomic E-state index is 12.9. The van der Waals surface area contributed by atoms with E-state index in [4.69, 9.17) is 27.7 Å². The van der Waals surface area contributed by atoms with E-state index in [2.05, 4.69) is 26.0 Å². The molecule has 2 amide bonds. The molecule has 0 fully saturated rings. The fourth-order valence-electron chi connectivity index (χ4n) is 2.95. The Morgan fingerprint density at radius 2 is 1.85 bits per heavy atom. The zero-order chi connectivity index (χ0) is 24.2. The fraction of sp³-hybridized carbons (Fsp3) is 0.136. The van der Waals surface area contributed by atoms with Crippen LogP contribution in [0.5, 0.6) is 0 Å². The quantitative estimate of drug-likeness (QED) is 0.218. The van der Waals surface area contributed by atoms with Crippen LogP contribution >= 0.6 is 46.3 Å². The number of halogens is 2. The van der Waals surface area contributed by atoms with Gasteiger partial charge >= 0.3 is 0 Å². The lowest BCUT2D eigenvalue weighted by Crippen LogP contribution is -2.13. The molecule has 8 nitrogen and oxygen atoms in total. The van der Waals surface area contributed by atoms with E-state index in [-0.39, 0.29) is 22.4 Å². The summed E-state index contributed by atoms with van der Waals surface area (Å²) in [5.41, 5.74) is 2.73. The number of nitrogens with one attached hydrogen (secondary N) is 2. The highest BCUT2D eigenvalue weighted by atomic mass is 35.5. The van der Waals surface area contributed by atoms with Crippen LogP contribution in [0.1, 0.15) is 21.7 Å². The number of hydrogen-bond donors (Lipinski definition) is 2. The van der Waals surface area contributed by atoms with Crippen LogP contribution in [-0.4, -0.2) is 32.9 Å². The second-order valence-electron chi connectivity index (χ2n) is 7.07. The van der Waals surface area contributed by atoms with Gasteiger partial charge in [0.1, 0.15) is 17.0 Å². The van der Waals surface area contributed by atoms with Gasteiger partial charge in [0.05, 0.1) is 10.8 Å². The van der Waals surface area contributed by atoms with E-state index in [0.29, 0.717) is 37.1 Å². The third-order valence-electron chi connectivity index (χ3n) is 4.63. The van der Waals surface area contributed by atoms with Crippen LogP contribution in [-0.2, 0) is 4.79 Å². The topological polar surface area (TPSA) is 110 Å². The van der Waals surface area contributed by atoms with Crippen molar-refractivity contribution in [3.8, 4) is 11.3 Å². The van der Waals surface area contributed by atoms with E-state index in [1.165, 1.54) is 11.8 Å². The van der Waals surface area contributed by atoms with E-state index >= 15 is 0 Å². The van der Waals surface area contributed by atoms with Crippen molar-refractivity contribution in [3.05, 3.63) is 69.4 Å². The van der Waals surface area contributed by atoms with Gasteiger partial charge in [-0.1, -0.05) is 75.7 Å². The number of carbonyl (C=O) groups is 2. The highest BCUT2D eigenvalue weighted by molar-refractivity contribution is 8.01. The van der Waals surface area contributed by atoms with Crippen molar-refractivity contribution in [1.29, 1.82) is 0 Å². The minimum absolute atomic E-state index is 0.121. The molecule has 4 rings (SSSR count). The van der Waals surface area contributed by atoms with E-state index in [1.807, 2.05) is 13.0 Å². The molecule has 2 aromatic heterocycles. The molecule has 2 N–H and O–H groups in total. The number of aryl methyl sites for hydroxylation is 2. The molecular weight excluding hydrogens is 517 g/mol. The first-order valence-corrected chi connectivity index (χ1v) is 12.4. The molecule has 0 aliphatic heterocycles. The predicted octanol–water partition coefficient (Wildman–Crippen LogP) is 6.10. The average molecular weight is 534 g/mol. The highest BCUT2D eigenvalue weighted by Gasteiger charge is 2.24. The van der Waals surface area contributed by atoms with Crippen molar-refractivity contribution in [3.63, 3.8) is 0 Å². The smallest absolute Gasteiger partial charge is 0.263 e. The maximum Gasteiger partial charge on any atom is 0.263 e. The lowest BCUT2D eigenvalue weighted by molar-refractivity contribution is -0.113. The Bertz CT molecular complexity index is 1370. The normalized spacial score (nSPS) is 10.8. The van der Waals surface area contributed by atoms with Crippen LogP contribution in [0.2, 0.25) is 10.0 Å². The molecule has 2 heterocycles. The second kappa shape index (κ2) is 10.6. The van der Waals surface area contributed by atoms with Gasteiger partial charge in [-0.25, -0.2) is 0 Å². The number of amides is 2. The van der Waals surface area contributed by atoms with Gasteiger partial charge in [0.15, 0.2) is 4.34 Å². The van der Waals surface area contributed by atoms with E-state index in [9.17, 15) is 9.59 Å². The summed E-state index contributed by atoms with van der Waals surface area (Å²) in [4.78, 5) is 25.2. The molecule has 34 heavy (non-hydrogen) atoms. The first-order valence-electron chi connectivity index (χ1n) is 9.86. The monoisotopic (exact) mass is 533 g/mol. The summed E-state index contributed by atoms with van der Waals surface area (Å²) in [6.45, 7) is 3.53. The van der Waals surface area contributed by atoms with E-state index in [0.717, 1.165) is 16.9 Å². The number of anilines is 2. The van der Waals surface area contributed by atoms with Crippen LogP contribution < -0.4 is 10.6 Å². The van der Waals surface area contributed by atoms with Gasteiger partial charge in [0.25, 0.3) is 5.91 Å². The molecule has 174 valence electrons. The van der Waals surface area contributed by atoms with E-state index in [1.54, 1.807) is 43.3 Å². The van der Waals surface area contributed by atoms with E-state index < -0.39 is 5.91 Å². The summed E-state index contributed by atoms with van der Waals surface area (Å²) in [5.74, 6) is -0.194. The van der Waals surface area contributed by atoms with Crippen molar-refractivity contribution in [1.82, 2.24) is 15.4 Å². The SMILES string of the molecule is Cc1ccc(NC(=O)CSc2nnc(NC(=O)c3c(-c4ccccc4Cl)noc3C)s2)cc1Cl. The third-order valence-corrected chi connectivity index (χ3v) is 7.34. The molecule has 12 heteroatoms. The molecule has 0 saturated carbocycles. The van der Waals surface area contributed by atoms with Crippen LogP contribution in [0.25, 0.3) is 11.3 Å². The summed E-state index contributed by atoms with van der Waals surface area (Å²) in [5, 5.41) is 18.8. The lowest BCUT2D eigenvalue weighted by Gasteiger charge is -2.06. The summed E-state index contributed by atoms with van der Waals surface area (Å²) in [6, 6.07) is 12.4. The van der Waals surface area contributed by atoms with Gasteiger partial charge in [-0.15, -0.1) is 10.2 Å². The van der Waals surface area contributed by atoms with Gasteiger partial charge in [-0.2, -0.15) is 0 Å². The summed E-state index contributed by atoms with van der Waals surface area (Å²) < 4.78 is 5.77. The number of carbonyl (C=O) groups excluding carboxylic acids is 2. The van der Waals surface area contributed by atoms with Crippen molar-refractivity contribution in [2.75, 3.05) is 16.4 Å². The molecule has 0 bridgehead atoms. The van der Waals surface area contributed by atoms with Gasteiger partial charge in [-0.05, 0) is 37.6 Å². The fourth-order valence-corrected chi connectivity index (χ4v) is 4.90. The number of nitrogens with zero attached hydrogens (tertiary/aromatic N) is 3. The second-order valence-corrected chi connectivity index (χ2v) is 10.1. The Morgan fingerprint density at radius 1 is 1.06 bits per heavy atom. The van der Waals surface area contributed by atoms with Crippen molar-refractivity contribution in [2.24, 2.45) is 0 Å². The molecule has 0 aliphatic carbocycles. The number of thioether (sulfide) groups is 1. The minimum atomic E-state index is -0.449. The number of hydrogen-bond acceptors (Lipinski definition) is 8. The minimum Gasteiger partial charge on any atom is -0.360 e. The largest absolute Gasteiger partial charge is 0.360 e. The van der Waals surface area contributed by atoms with Gasteiger partial charge in [0.2, 0.25) is 11.0 Å². The van der Waals surface area contributed by atoms with Crippen LogP contribution in [0, 0.1) is 13.8 Å². The Balaban J connectivity index is 1.38. The molecule has 0 spiro atoms. The zero-order valence-corrected chi connectivity index (χ0v) is 21.0. The summed E-state index contributed by atoms with van der Waals surface area (Å²) >= 11 is 14.7. The van der Waals surface area contributed by atoms with Gasteiger partial charge < -0.3 is 9.84 Å². The van der Waals surface area contributed by atoms with Gasteiger partial charge in [-0.3, -0.25) is 14.9 Å². The average Bonchev–Trinajstić information content (AvgIpc) is 3.41. The van der Waals surface area contributed by atoms with Crippen LogP contribution in [0.3, 0.4) is 0 Å². The number of benzene rings is 2. The van der Waals surface area contributed by atoms with Crippen LogP contribution in [0.4, 0.5) is 10.8 Å². The zero-order valence-electron chi connectivity index (χ0n) is 17.9. The molecular formula is C22H17Cl2N5O3S2. The molecule has 0 radical (unpaired) electrons. The summed E-state index contributed by atoms with van der Waals surface area (Å²) in [7, 11) is 0. The first-order chi connectivity index (χ1) is 16.3. The molecule has 0 unspecified atom stereocenters. The Kier molecular flexibility index (Phi) is 7.52. The van der Waals surface area contributed by atoms with Crippen LogP contribution in [0.15, 0.2) is 51.3 Å². The van der Waals surface area contributed by atoms with Crippen molar-refractivity contribution < 1.29 is 14.1 Å². The van der Waals surface area contributed by atoms with Crippen molar-refractivity contribution in [2.45, 2.75) is 18.2 Å². The maximum absolute atomic E-state index is 12.9. The standard InChI is InChI=1S/C22H17Cl2N5O3S2/c1-11-7-8-13(9-16(11)24)25-17(30)10-33-22-28-27-21(34-22)26-20(31)18-12(2)32-29-19(18)14-5-3-4-6-15(14)23/h3-9H,10H2,1-2H3,(H,25,30)(H,26,27,31). The summed E-state index contributed by atoms with van der Waals surface area (Å²) in [6.07, 6.45) is 0. The Hall–Kier alpha value is -2.92. The first kappa shape index (κ1) is 24.2. The lowest BCUT2D eigenvalue weighted by atomic mass is 10.1. The Labute approximate surface area is 213 Å².